The highest BCUT2D eigenvalue weighted by Crippen LogP contribution is 2.11. The number of azo groups is 1. The molecule has 1 rings (SSSR count). The van der Waals surface area contributed by atoms with Gasteiger partial charge in [-0.3, -0.25) is 0 Å². The predicted octanol–water partition coefficient (Wildman–Crippen LogP) is 3.87. The smallest absolute Gasteiger partial charge is 0.0732 e. The highest BCUT2D eigenvalue weighted by molar-refractivity contribution is 5.15. The van der Waals surface area contributed by atoms with Crippen LogP contribution in [-0.2, 0) is 6.42 Å². The minimum absolute atomic E-state index is 0.0645. The summed E-state index contributed by atoms with van der Waals surface area (Å²) in [6.07, 6.45) is 0.959. The third kappa shape index (κ3) is 5.31. The van der Waals surface area contributed by atoms with E-state index in [4.69, 9.17) is 0 Å². The molecule has 0 aliphatic carbocycles. The van der Waals surface area contributed by atoms with Gasteiger partial charge in [0.25, 0.3) is 0 Å². The summed E-state index contributed by atoms with van der Waals surface area (Å²) in [6.45, 7) is 8.28. The summed E-state index contributed by atoms with van der Waals surface area (Å²) in [5.74, 6) is 0. The molecule has 82 valence electrons. The molecular formula is C13H20N2. The van der Waals surface area contributed by atoms with E-state index in [1.807, 2.05) is 6.07 Å². The number of benzene rings is 1. The highest BCUT2D eigenvalue weighted by Gasteiger charge is 2.08. The Morgan fingerprint density at radius 1 is 1.13 bits per heavy atom. The molecule has 1 unspecified atom stereocenters. The van der Waals surface area contributed by atoms with Crippen LogP contribution < -0.4 is 0 Å². The Labute approximate surface area is 92.4 Å². The largest absolute Gasteiger partial charge is 0.190 e. The van der Waals surface area contributed by atoms with Gasteiger partial charge in [0.15, 0.2) is 0 Å². The fourth-order valence-electron chi connectivity index (χ4n) is 1.27. The lowest BCUT2D eigenvalue weighted by atomic mass is 10.1. The number of hydrogen-bond donors (Lipinski definition) is 0. The summed E-state index contributed by atoms with van der Waals surface area (Å²) >= 11 is 0. The second-order valence-electron chi connectivity index (χ2n) is 4.93. The van der Waals surface area contributed by atoms with Crippen molar-refractivity contribution >= 4 is 0 Å². The summed E-state index contributed by atoms with van der Waals surface area (Å²) < 4.78 is 0. The van der Waals surface area contributed by atoms with Crippen molar-refractivity contribution in [1.29, 1.82) is 0 Å². The molecule has 0 spiro atoms. The van der Waals surface area contributed by atoms with E-state index in [0.29, 0.717) is 0 Å². The number of rotatable bonds is 3. The molecule has 0 aliphatic rings. The molecule has 2 heteroatoms. The topological polar surface area (TPSA) is 24.7 Å². The van der Waals surface area contributed by atoms with E-state index in [-0.39, 0.29) is 11.6 Å². The van der Waals surface area contributed by atoms with Crippen LogP contribution in [0.25, 0.3) is 0 Å². The summed E-state index contributed by atoms with van der Waals surface area (Å²) in [7, 11) is 0. The first-order chi connectivity index (χ1) is 6.97. The Hall–Kier alpha value is -1.18. The van der Waals surface area contributed by atoms with Gasteiger partial charge in [-0.05, 0) is 39.7 Å². The SMILES string of the molecule is CC(Cc1ccccc1)N=NC(C)(C)C. The van der Waals surface area contributed by atoms with Crippen LogP contribution in [0.1, 0.15) is 33.3 Å². The Morgan fingerprint density at radius 2 is 1.73 bits per heavy atom. The van der Waals surface area contributed by atoms with Gasteiger partial charge in [0.1, 0.15) is 0 Å². The van der Waals surface area contributed by atoms with E-state index in [2.05, 4.69) is 62.2 Å². The van der Waals surface area contributed by atoms with Gasteiger partial charge in [-0.2, -0.15) is 10.2 Å². The summed E-state index contributed by atoms with van der Waals surface area (Å²) in [6, 6.07) is 10.7. The third-order valence-corrected chi connectivity index (χ3v) is 1.93. The molecule has 0 saturated heterocycles. The predicted molar refractivity (Wildman–Crippen MR) is 64.2 cm³/mol. The molecular weight excluding hydrogens is 184 g/mol. The molecule has 0 bridgehead atoms. The maximum absolute atomic E-state index is 4.32. The zero-order chi connectivity index (χ0) is 11.3. The fourth-order valence-corrected chi connectivity index (χ4v) is 1.27. The standard InChI is InChI=1S/C13H20N2/c1-11(14-15-13(2,3)4)10-12-8-6-5-7-9-12/h5-9,11H,10H2,1-4H3. The van der Waals surface area contributed by atoms with E-state index >= 15 is 0 Å². The fraction of sp³-hybridized carbons (Fsp3) is 0.538. The zero-order valence-corrected chi connectivity index (χ0v) is 10.1. The average Bonchev–Trinajstić information content (AvgIpc) is 2.15. The van der Waals surface area contributed by atoms with Gasteiger partial charge in [0, 0.05) is 0 Å². The second kappa shape index (κ2) is 5.06. The normalized spacial score (nSPS) is 14.4. The first-order valence-electron chi connectivity index (χ1n) is 5.43. The molecule has 0 N–H and O–H groups in total. The van der Waals surface area contributed by atoms with E-state index in [0.717, 1.165) is 6.42 Å². The molecule has 15 heavy (non-hydrogen) atoms. The molecule has 0 heterocycles. The first-order valence-corrected chi connectivity index (χ1v) is 5.43. The van der Waals surface area contributed by atoms with Crippen LogP contribution in [-0.4, -0.2) is 11.6 Å². The molecule has 1 aromatic rings. The van der Waals surface area contributed by atoms with E-state index in [1.54, 1.807) is 0 Å². The van der Waals surface area contributed by atoms with Crippen LogP contribution in [0.4, 0.5) is 0 Å². The quantitative estimate of drug-likeness (QED) is 0.668. The highest BCUT2D eigenvalue weighted by atomic mass is 15.2. The maximum Gasteiger partial charge on any atom is 0.0732 e. The van der Waals surface area contributed by atoms with Crippen molar-refractivity contribution in [2.45, 2.75) is 45.7 Å². The molecule has 2 nitrogen and oxygen atoms in total. The van der Waals surface area contributed by atoms with Crippen LogP contribution in [0.3, 0.4) is 0 Å². The van der Waals surface area contributed by atoms with Crippen molar-refractivity contribution in [1.82, 2.24) is 0 Å². The van der Waals surface area contributed by atoms with Gasteiger partial charge >= 0.3 is 0 Å². The molecule has 1 aromatic carbocycles. The maximum atomic E-state index is 4.32. The minimum Gasteiger partial charge on any atom is -0.190 e. The molecule has 0 radical (unpaired) electrons. The molecule has 0 aliphatic heterocycles. The number of hydrogen-bond acceptors (Lipinski definition) is 2. The van der Waals surface area contributed by atoms with Gasteiger partial charge in [-0.15, -0.1) is 0 Å². The van der Waals surface area contributed by atoms with Crippen LogP contribution in [0.5, 0.6) is 0 Å². The summed E-state index contributed by atoms with van der Waals surface area (Å²) in [5, 5.41) is 8.59. The number of nitrogens with zero attached hydrogens (tertiary/aromatic N) is 2. The van der Waals surface area contributed by atoms with Crippen molar-refractivity contribution in [3.8, 4) is 0 Å². The summed E-state index contributed by atoms with van der Waals surface area (Å²) in [4.78, 5) is 0. The van der Waals surface area contributed by atoms with Gasteiger partial charge in [-0.25, -0.2) is 0 Å². The van der Waals surface area contributed by atoms with Crippen LogP contribution in [0.15, 0.2) is 40.6 Å². The minimum atomic E-state index is -0.0645. The third-order valence-electron chi connectivity index (χ3n) is 1.93. The van der Waals surface area contributed by atoms with E-state index in [9.17, 15) is 0 Å². The van der Waals surface area contributed by atoms with E-state index < -0.39 is 0 Å². The summed E-state index contributed by atoms with van der Waals surface area (Å²) in [5.41, 5.74) is 1.25. The Kier molecular flexibility index (Phi) is 4.01. The zero-order valence-electron chi connectivity index (χ0n) is 10.1. The monoisotopic (exact) mass is 204 g/mol. The van der Waals surface area contributed by atoms with Crippen molar-refractivity contribution in [3.05, 3.63) is 35.9 Å². The lowest BCUT2D eigenvalue weighted by molar-refractivity contribution is 0.515. The second-order valence-corrected chi connectivity index (χ2v) is 4.93. The average molecular weight is 204 g/mol. The molecule has 0 aromatic heterocycles. The van der Waals surface area contributed by atoms with Crippen molar-refractivity contribution in [3.63, 3.8) is 0 Å². The van der Waals surface area contributed by atoms with Crippen molar-refractivity contribution in [2.75, 3.05) is 0 Å². The van der Waals surface area contributed by atoms with Crippen molar-refractivity contribution < 1.29 is 0 Å². The molecule has 0 fully saturated rings. The van der Waals surface area contributed by atoms with Crippen LogP contribution in [0.2, 0.25) is 0 Å². The Balaban J connectivity index is 2.50. The van der Waals surface area contributed by atoms with Gasteiger partial charge in [0.05, 0.1) is 11.6 Å². The van der Waals surface area contributed by atoms with Gasteiger partial charge < -0.3 is 0 Å². The lowest BCUT2D eigenvalue weighted by Gasteiger charge is -2.11. The first kappa shape index (κ1) is 11.9. The van der Waals surface area contributed by atoms with Crippen molar-refractivity contribution in [2.24, 2.45) is 10.2 Å². The molecule has 0 amide bonds. The lowest BCUT2D eigenvalue weighted by Crippen LogP contribution is -2.11. The van der Waals surface area contributed by atoms with Gasteiger partial charge in [0.2, 0.25) is 0 Å². The van der Waals surface area contributed by atoms with E-state index in [1.165, 1.54) is 5.56 Å². The van der Waals surface area contributed by atoms with Gasteiger partial charge in [-0.1, -0.05) is 30.3 Å². The Bertz CT molecular complexity index is 309. The van der Waals surface area contributed by atoms with Crippen LogP contribution >= 0.6 is 0 Å². The molecule has 1 atom stereocenters. The Morgan fingerprint density at radius 3 is 2.27 bits per heavy atom. The van der Waals surface area contributed by atoms with Crippen LogP contribution in [0, 0.1) is 0 Å². The molecule has 0 saturated carbocycles.